The van der Waals surface area contributed by atoms with Crippen LogP contribution in [-0.4, -0.2) is 30.2 Å². The van der Waals surface area contributed by atoms with E-state index in [9.17, 15) is 14.7 Å². The molecule has 0 aromatic heterocycles. The highest BCUT2D eigenvalue weighted by atomic mass is 16.5. The molecule has 7 heteroatoms. The fourth-order valence-corrected chi connectivity index (χ4v) is 2.53. The molecule has 0 saturated carbocycles. The molecule has 7 nitrogen and oxygen atoms in total. The van der Waals surface area contributed by atoms with Gasteiger partial charge in [-0.1, -0.05) is 24.3 Å². The number of carbonyl (C=O) groups excluding carboxylic acids is 2. The van der Waals surface area contributed by atoms with E-state index in [4.69, 9.17) is 4.74 Å². The number of hydrogen-bond donors (Lipinski definition) is 3. The number of nitrogens with zero attached hydrogens (tertiary/aromatic N) is 1. The highest BCUT2D eigenvalue weighted by molar-refractivity contribution is 6.04. The number of methoxy groups -OCH3 is 1. The van der Waals surface area contributed by atoms with E-state index >= 15 is 0 Å². The van der Waals surface area contributed by atoms with E-state index in [1.165, 1.54) is 13.3 Å². The lowest BCUT2D eigenvalue weighted by molar-refractivity contribution is 0.0954. The lowest BCUT2D eigenvalue weighted by atomic mass is 10.1. The number of carbonyl (C=O) groups is 2. The van der Waals surface area contributed by atoms with E-state index in [1.54, 1.807) is 66.7 Å². The van der Waals surface area contributed by atoms with E-state index < -0.39 is 5.91 Å². The molecular formula is C22H19N3O4. The maximum atomic E-state index is 12.2. The molecule has 2 amide bonds. The van der Waals surface area contributed by atoms with Crippen molar-refractivity contribution in [3.63, 3.8) is 0 Å². The van der Waals surface area contributed by atoms with Crippen molar-refractivity contribution in [2.75, 3.05) is 12.4 Å². The van der Waals surface area contributed by atoms with Crippen LogP contribution in [0.5, 0.6) is 11.5 Å². The summed E-state index contributed by atoms with van der Waals surface area (Å²) in [6.45, 7) is 0. The molecule has 0 saturated heterocycles. The van der Waals surface area contributed by atoms with E-state index in [0.29, 0.717) is 28.1 Å². The fraction of sp³-hybridized carbons (Fsp3) is 0.0455. The molecule has 3 rings (SSSR count). The summed E-state index contributed by atoms with van der Waals surface area (Å²) in [7, 11) is 1.45. The highest BCUT2D eigenvalue weighted by Gasteiger charge is 2.08. The molecule has 0 unspecified atom stereocenters. The molecule has 3 N–H and O–H groups in total. The quantitative estimate of drug-likeness (QED) is 0.444. The molecule has 3 aromatic rings. The zero-order valence-electron chi connectivity index (χ0n) is 15.6. The number of amides is 2. The van der Waals surface area contributed by atoms with Crippen LogP contribution >= 0.6 is 0 Å². The molecule has 0 aliphatic rings. The van der Waals surface area contributed by atoms with Crippen molar-refractivity contribution in [3.05, 3.63) is 89.5 Å². The Hall–Kier alpha value is -4.13. The normalized spacial score (nSPS) is 10.5. The van der Waals surface area contributed by atoms with Gasteiger partial charge in [-0.15, -0.1) is 0 Å². The van der Waals surface area contributed by atoms with Gasteiger partial charge in [0.15, 0.2) is 11.5 Å². The van der Waals surface area contributed by atoms with Crippen LogP contribution in [0.25, 0.3) is 0 Å². The van der Waals surface area contributed by atoms with Gasteiger partial charge in [0.25, 0.3) is 11.8 Å². The van der Waals surface area contributed by atoms with Crippen LogP contribution in [0.2, 0.25) is 0 Å². The van der Waals surface area contributed by atoms with Crippen LogP contribution in [0, 0.1) is 0 Å². The molecule has 0 aliphatic carbocycles. The minimum absolute atomic E-state index is 0.0634. The molecule has 0 atom stereocenters. The monoisotopic (exact) mass is 389 g/mol. The van der Waals surface area contributed by atoms with E-state index in [0.717, 1.165) is 0 Å². The smallest absolute Gasteiger partial charge is 0.271 e. The second kappa shape index (κ2) is 9.18. The topological polar surface area (TPSA) is 100 Å². The molecule has 3 aromatic carbocycles. The average Bonchev–Trinajstić information content (AvgIpc) is 2.76. The first-order valence-electron chi connectivity index (χ1n) is 8.74. The molecule has 0 heterocycles. The van der Waals surface area contributed by atoms with Crippen molar-refractivity contribution in [3.8, 4) is 11.5 Å². The molecule has 146 valence electrons. The molecule has 0 aliphatic heterocycles. The van der Waals surface area contributed by atoms with Gasteiger partial charge in [0.2, 0.25) is 0 Å². The summed E-state index contributed by atoms with van der Waals surface area (Å²) in [6, 6.07) is 20.2. The van der Waals surface area contributed by atoms with E-state index in [2.05, 4.69) is 15.8 Å². The maximum absolute atomic E-state index is 12.2. The third kappa shape index (κ3) is 4.98. The summed E-state index contributed by atoms with van der Waals surface area (Å²) >= 11 is 0. The number of aromatic hydroxyl groups is 1. The Labute approximate surface area is 167 Å². The number of rotatable bonds is 6. The highest BCUT2D eigenvalue weighted by Crippen LogP contribution is 2.27. The number of phenols is 1. The predicted molar refractivity (Wildman–Crippen MR) is 111 cm³/mol. The van der Waals surface area contributed by atoms with Gasteiger partial charge in [-0.25, -0.2) is 5.43 Å². The van der Waals surface area contributed by atoms with Crippen molar-refractivity contribution >= 4 is 23.7 Å². The van der Waals surface area contributed by atoms with Crippen LogP contribution in [-0.2, 0) is 0 Å². The minimum atomic E-state index is -0.426. The van der Waals surface area contributed by atoms with Gasteiger partial charge in [-0.3, -0.25) is 9.59 Å². The Morgan fingerprint density at radius 2 is 1.59 bits per heavy atom. The number of phenolic OH excluding ortho intramolecular Hbond substituents is 1. The lowest BCUT2D eigenvalue weighted by Crippen LogP contribution is -2.18. The summed E-state index contributed by atoms with van der Waals surface area (Å²) < 4.78 is 5.02. The van der Waals surface area contributed by atoms with Gasteiger partial charge in [0.05, 0.1) is 13.3 Å². The van der Waals surface area contributed by atoms with Crippen LogP contribution in [0.3, 0.4) is 0 Å². The summed E-state index contributed by atoms with van der Waals surface area (Å²) in [4.78, 5) is 24.3. The summed E-state index contributed by atoms with van der Waals surface area (Å²) in [6.07, 6.45) is 1.32. The predicted octanol–water partition coefficient (Wildman–Crippen LogP) is 3.42. The summed E-state index contributed by atoms with van der Waals surface area (Å²) in [5.41, 5.74) is 4.28. The Morgan fingerprint density at radius 1 is 0.897 bits per heavy atom. The number of ether oxygens (including phenoxy) is 1. The lowest BCUT2D eigenvalue weighted by Gasteiger charge is -2.06. The first-order valence-corrected chi connectivity index (χ1v) is 8.74. The second-order valence-electron chi connectivity index (χ2n) is 5.99. The Balaban J connectivity index is 1.60. The number of benzene rings is 3. The second-order valence-corrected chi connectivity index (χ2v) is 5.99. The van der Waals surface area contributed by atoms with E-state index in [-0.39, 0.29) is 11.7 Å². The van der Waals surface area contributed by atoms with Crippen molar-refractivity contribution in [1.29, 1.82) is 0 Å². The van der Waals surface area contributed by atoms with Gasteiger partial charge < -0.3 is 15.2 Å². The van der Waals surface area contributed by atoms with Gasteiger partial charge in [0, 0.05) is 22.4 Å². The fourth-order valence-electron chi connectivity index (χ4n) is 2.53. The molecule has 0 radical (unpaired) electrons. The largest absolute Gasteiger partial charge is 0.504 e. The zero-order valence-corrected chi connectivity index (χ0v) is 15.6. The Bertz CT molecular complexity index is 1030. The number of nitrogens with one attached hydrogen (secondary N) is 2. The summed E-state index contributed by atoms with van der Waals surface area (Å²) in [5, 5.41) is 16.6. The van der Waals surface area contributed by atoms with E-state index in [1.807, 2.05) is 6.07 Å². The van der Waals surface area contributed by atoms with Gasteiger partial charge in [0.1, 0.15) is 0 Å². The maximum Gasteiger partial charge on any atom is 0.271 e. The SMILES string of the molecule is COc1cccc(/C=N/NC(=O)c2ccc(NC(=O)c3ccccc3)cc2)c1O. The van der Waals surface area contributed by atoms with Crippen molar-refractivity contribution < 1.29 is 19.4 Å². The molecule has 29 heavy (non-hydrogen) atoms. The average molecular weight is 389 g/mol. The molecule has 0 bridgehead atoms. The standard InChI is InChI=1S/C22H19N3O4/c1-29-19-9-5-8-17(20(19)26)14-23-25-22(28)16-10-12-18(13-11-16)24-21(27)15-6-3-2-4-7-15/h2-14,26H,1H3,(H,24,27)(H,25,28)/b23-14+. The van der Waals surface area contributed by atoms with Crippen molar-refractivity contribution in [2.45, 2.75) is 0 Å². The van der Waals surface area contributed by atoms with Gasteiger partial charge >= 0.3 is 0 Å². The van der Waals surface area contributed by atoms with Crippen LogP contribution in [0.15, 0.2) is 77.9 Å². The number of hydrogen-bond acceptors (Lipinski definition) is 5. The third-order valence-corrected chi connectivity index (χ3v) is 4.06. The van der Waals surface area contributed by atoms with Crippen molar-refractivity contribution in [1.82, 2.24) is 5.43 Å². The zero-order chi connectivity index (χ0) is 20.6. The molecule has 0 spiro atoms. The number of para-hydroxylation sites is 1. The third-order valence-electron chi connectivity index (χ3n) is 4.06. The molecular weight excluding hydrogens is 370 g/mol. The summed E-state index contributed by atoms with van der Waals surface area (Å²) in [5.74, 6) is -0.407. The van der Waals surface area contributed by atoms with Gasteiger partial charge in [-0.05, 0) is 48.5 Å². The Morgan fingerprint density at radius 3 is 2.28 bits per heavy atom. The van der Waals surface area contributed by atoms with Gasteiger partial charge in [-0.2, -0.15) is 5.10 Å². The molecule has 0 fully saturated rings. The minimum Gasteiger partial charge on any atom is -0.504 e. The Kier molecular flexibility index (Phi) is 6.22. The number of anilines is 1. The number of hydrazone groups is 1. The first kappa shape index (κ1) is 19.6. The first-order chi connectivity index (χ1) is 14.1. The van der Waals surface area contributed by atoms with Crippen LogP contribution in [0.4, 0.5) is 5.69 Å². The van der Waals surface area contributed by atoms with Crippen molar-refractivity contribution in [2.24, 2.45) is 5.10 Å². The van der Waals surface area contributed by atoms with Crippen LogP contribution in [0.1, 0.15) is 26.3 Å². The van der Waals surface area contributed by atoms with Crippen LogP contribution < -0.4 is 15.5 Å².